The molecule has 148 valence electrons. The van der Waals surface area contributed by atoms with Crippen molar-refractivity contribution in [2.45, 2.75) is 19.3 Å². The molecule has 0 aromatic heterocycles. The number of fused-ring (bicyclic) bond motifs is 1. The van der Waals surface area contributed by atoms with E-state index in [0.29, 0.717) is 32.1 Å². The largest absolute Gasteiger partial charge is 0.492 e. The third-order valence-electron chi connectivity index (χ3n) is 4.48. The smallest absolute Gasteiger partial charge is 0.224 e. The predicted molar refractivity (Wildman–Crippen MR) is 108 cm³/mol. The molecule has 0 spiro atoms. The van der Waals surface area contributed by atoms with Gasteiger partial charge in [-0.15, -0.1) is 0 Å². The number of amides is 1. The minimum absolute atomic E-state index is 0.0590. The van der Waals surface area contributed by atoms with E-state index in [1.54, 1.807) is 19.2 Å². The van der Waals surface area contributed by atoms with Crippen molar-refractivity contribution in [1.29, 1.82) is 0 Å². The number of anilines is 1. The van der Waals surface area contributed by atoms with Crippen LogP contribution < -0.4 is 20.7 Å². The van der Waals surface area contributed by atoms with E-state index in [0.717, 1.165) is 35.4 Å². The van der Waals surface area contributed by atoms with Crippen molar-refractivity contribution in [3.05, 3.63) is 59.4 Å². The molecule has 0 atom stereocenters. The molecule has 0 radical (unpaired) electrons. The van der Waals surface area contributed by atoms with Gasteiger partial charge in [0.2, 0.25) is 5.91 Å². The van der Waals surface area contributed by atoms with Crippen LogP contribution in [0.4, 0.5) is 10.1 Å². The van der Waals surface area contributed by atoms with E-state index < -0.39 is 0 Å². The first-order chi connectivity index (χ1) is 13.6. The van der Waals surface area contributed by atoms with Crippen LogP contribution in [0.1, 0.15) is 17.5 Å². The zero-order valence-electron chi connectivity index (χ0n) is 15.9. The number of hydrogen-bond acceptors (Lipinski definition) is 3. The summed E-state index contributed by atoms with van der Waals surface area (Å²) in [6.45, 7) is 1.79. The van der Waals surface area contributed by atoms with Crippen molar-refractivity contribution in [2.24, 2.45) is 4.99 Å². The normalized spacial score (nSPS) is 13.5. The summed E-state index contributed by atoms with van der Waals surface area (Å²) in [7, 11) is 1.71. The van der Waals surface area contributed by atoms with Gasteiger partial charge in [-0.25, -0.2) is 4.39 Å². The van der Waals surface area contributed by atoms with Crippen LogP contribution in [0.15, 0.2) is 47.5 Å². The van der Waals surface area contributed by atoms with Crippen molar-refractivity contribution in [2.75, 3.05) is 32.1 Å². The monoisotopic (exact) mass is 384 g/mol. The summed E-state index contributed by atoms with van der Waals surface area (Å²) < 4.78 is 18.7. The highest BCUT2D eigenvalue weighted by Gasteiger charge is 2.14. The highest BCUT2D eigenvalue weighted by molar-refractivity contribution is 5.94. The molecule has 1 aliphatic rings. The van der Waals surface area contributed by atoms with Gasteiger partial charge in [-0.2, -0.15) is 0 Å². The van der Waals surface area contributed by atoms with Crippen molar-refractivity contribution in [3.63, 3.8) is 0 Å². The van der Waals surface area contributed by atoms with Crippen molar-refractivity contribution in [1.82, 2.24) is 10.6 Å². The topological polar surface area (TPSA) is 74.8 Å². The lowest BCUT2D eigenvalue weighted by molar-refractivity contribution is -0.116. The Bertz CT molecular complexity index is 837. The number of halogens is 1. The van der Waals surface area contributed by atoms with Gasteiger partial charge in [0.05, 0.1) is 6.54 Å². The minimum Gasteiger partial charge on any atom is -0.492 e. The SMILES string of the molecule is CN=C(NCCOc1ccc2c(c1)CCC(=O)N2)NCCc1ccc(F)cc1. The van der Waals surface area contributed by atoms with Crippen LogP contribution in [0.3, 0.4) is 0 Å². The van der Waals surface area contributed by atoms with Crippen molar-refractivity contribution < 1.29 is 13.9 Å². The maximum atomic E-state index is 12.9. The van der Waals surface area contributed by atoms with Crippen LogP contribution >= 0.6 is 0 Å². The van der Waals surface area contributed by atoms with Crippen LogP contribution in [-0.4, -0.2) is 38.6 Å². The fourth-order valence-electron chi connectivity index (χ4n) is 2.98. The first-order valence-corrected chi connectivity index (χ1v) is 9.38. The van der Waals surface area contributed by atoms with Crippen LogP contribution in [0.5, 0.6) is 5.75 Å². The number of rotatable bonds is 7. The molecule has 0 saturated heterocycles. The second kappa shape index (κ2) is 9.73. The number of nitrogens with one attached hydrogen (secondary N) is 3. The first-order valence-electron chi connectivity index (χ1n) is 9.38. The average molecular weight is 384 g/mol. The van der Waals surface area contributed by atoms with Gasteiger partial charge in [-0.3, -0.25) is 9.79 Å². The number of aryl methyl sites for hydroxylation is 1. The van der Waals surface area contributed by atoms with E-state index in [9.17, 15) is 9.18 Å². The zero-order valence-corrected chi connectivity index (χ0v) is 15.9. The minimum atomic E-state index is -0.224. The first kappa shape index (κ1) is 19.7. The molecule has 3 N–H and O–H groups in total. The molecule has 0 aliphatic carbocycles. The van der Waals surface area contributed by atoms with Gasteiger partial charge in [-0.1, -0.05) is 12.1 Å². The number of aliphatic imine (C=N–C) groups is 1. The molecular weight excluding hydrogens is 359 g/mol. The maximum Gasteiger partial charge on any atom is 0.224 e. The molecule has 2 aromatic carbocycles. The van der Waals surface area contributed by atoms with Gasteiger partial charge >= 0.3 is 0 Å². The van der Waals surface area contributed by atoms with E-state index >= 15 is 0 Å². The number of carbonyl (C=O) groups excluding carboxylic acids is 1. The number of guanidine groups is 1. The fraction of sp³-hybridized carbons (Fsp3) is 0.333. The summed E-state index contributed by atoms with van der Waals surface area (Å²) >= 11 is 0. The van der Waals surface area contributed by atoms with E-state index in [4.69, 9.17) is 4.74 Å². The summed E-state index contributed by atoms with van der Waals surface area (Å²) in [6, 6.07) is 12.2. The van der Waals surface area contributed by atoms with E-state index in [1.165, 1.54) is 12.1 Å². The Kier molecular flexibility index (Phi) is 6.84. The lowest BCUT2D eigenvalue weighted by Gasteiger charge is -2.18. The summed E-state index contributed by atoms with van der Waals surface area (Å²) in [4.78, 5) is 15.6. The molecule has 1 heterocycles. The molecule has 0 saturated carbocycles. The lowest BCUT2D eigenvalue weighted by Crippen LogP contribution is -2.40. The molecule has 7 heteroatoms. The highest BCUT2D eigenvalue weighted by Crippen LogP contribution is 2.26. The highest BCUT2D eigenvalue weighted by atomic mass is 19.1. The Morgan fingerprint density at radius 1 is 1.14 bits per heavy atom. The van der Waals surface area contributed by atoms with Gasteiger partial charge in [0.25, 0.3) is 0 Å². The van der Waals surface area contributed by atoms with Gasteiger partial charge in [0.15, 0.2) is 5.96 Å². The standard InChI is InChI=1S/C21H25FN4O2/c1-23-21(24-11-10-15-2-5-17(22)6-3-15)25-12-13-28-18-7-8-19-16(14-18)4-9-20(27)26-19/h2-3,5-8,14H,4,9-13H2,1H3,(H,26,27)(H2,23,24,25). The average Bonchev–Trinajstić information content (AvgIpc) is 2.71. The molecule has 2 aromatic rings. The third kappa shape index (κ3) is 5.70. The Balaban J connectivity index is 1.36. The lowest BCUT2D eigenvalue weighted by atomic mass is 10.0. The molecule has 6 nitrogen and oxygen atoms in total. The maximum absolute atomic E-state index is 12.9. The van der Waals surface area contributed by atoms with Crippen LogP contribution in [0, 0.1) is 5.82 Å². The third-order valence-corrected chi connectivity index (χ3v) is 4.48. The van der Waals surface area contributed by atoms with Gasteiger partial charge < -0.3 is 20.7 Å². The Labute approximate surface area is 164 Å². The number of carbonyl (C=O) groups is 1. The van der Waals surface area contributed by atoms with E-state index in [1.807, 2.05) is 18.2 Å². The Hall–Kier alpha value is -3.09. The predicted octanol–water partition coefficient (Wildman–Crippen LogP) is 2.50. The van der Waals surface area contributed by atoms with Gasteiger partial charge in [-0.05, 0) is 54.3 Å². The molecule has 0 fully saturated rings. The molecule has 0 unspecified atom stereocenters. The summed E-state index contributed by atoms with van der Waals surface area (Å²) in [5.74, 6) is 1.32. The quantitative estimate of drug-likeness (QED) is 0.390. The van der Waals surface area contributed by atoms with Gasteiger partial charge in [0, 0.05) is 25.7 Å². The van der Waals surface area contributed by atoms with Crippen LogP contribution in [-0.2, 0) is 17.6 Å². The summed E-state index contributed by atoms with van der Waals surface area (Å²) in [5, 5.41) is 9.29. The summed E-state index contributed by atoms with van der Waals surface area (Å²) in [6.07, 6.45) is 2.03. The second-order valence-corrected chi connectivity index (χ2v) is 6.52. The fourth-order valence-corrected chi connectivity index (χ4v) is 2.98. The molecule has 1 aliphatic heterocycles. The Morgan fingerprint density at radius 2 is 1.93 bits per heavy atom. The Morgan fingerprint density at radius 3 is 2.71 bits per heavy atom. The molecule has 28 heavy (non-hydrogen) atoms. The molecule has 1 amide bonds. The number of hydrogen-bond donors (Lipinski definition) is 3. The molecule has 0 bridgehead atoms. The zero-order chi connectivity index (χ0) is 19.8. The molecule has 3 rings (SSSR count). The van der Waals surface area contributed by atoms with Crippen LogP contribution in [0.2, 0.25) is 0 Å². The van der Waals surface area contributed by atoms with E-state index in [2.05, 4.69) is 20.9 Å². The van der Waals surface area contributed by atoms with Crippen molar-refractivity contribution >= 4 is 17.6 Å². The van der Waals surface area contributed by atoms with Crippen LogP contribution in [0.25, 0.3) is 0 Å². The van der Waals surface area contributed by atoms with E-state index in [-0.39, 0.29) is 11.7 Å². The number of benzene rings is 2. The molecular formula is C21H25FN4O2. The number of nitrogens with zero attached hydrogens (tertiary/aromatic N) is 1. The number of ether oxygens (including phenoxy) is 1. The van der Waals surface area contributed by atoms with Gasteiger partial charge in [0.1, 0.15) is 18.2 Å². The van der Waals surface area contributed by atoms with Crippen molar-refractivity contribution in [3.8, 4) is 5.75 Å². The second-order valence-electron chi connectivity index (χ2n) is 6.52. The summed E-state index contributed by atoms with van der Waals surface area (Å²) in [5.41, 5.74) is 3.03.